The van der Waals surface area contributed by atoms with E-state index in [1.807, 2.05) is 0 Å². The average Bonchev–Trinajstić information content (AvgIpc) is 2.47. The van der Waals surface area contributed by atoms with Crippen LogP contribution in [0.25, 0.3) is 0 Å². The molecule has 1 heterocycles. The van der Waals surface area contributed by atoms with E-state index in [0.29, 0.717) is 17.0 Å². The van der Waals surface area contributed by atoms with E-state index >= 15 is 0 Å². The van der Waals surface area contributed by atoms with Crippen LogP contribution in [-0.4, -0.2) is 52.7 Å². The van der Waals surface area contributed by atoms with Crippen LogP contribution >= 0.6 is 35.1 Å². The molecule has 0 atom stereocenters. The summed E-state index contributed by atoms with van der Waals surface area (Å²) in [5.74, 6) is -1.01. The Balaban J connectivity index is 2.45. The van der Waals surface area contributed by atoms with Crippen molar-refractivity contribution in [2.75, 3.05) is 20.2 Å². The highest BCUT2D eigenvalue weighted by Crippen LogP contribution is 2.27. The van der Waals surface area contributed by atoms with Gasteiger partial charge in [0.05, 0.1) is 19.1 Å². The van der Waals surface area contributed by atoms with Gasteiger partial charge in [-0.1, -0.05) is 23.2 Å². The molecule has 0 N–H and O–H groups in total. The predicted octanol–water partition coefficient (Wildman–Crippen LogP) is 3.78. The molecule has 0 saturated carbocycles. The van der Waals surface area contributed by atoms with Crippen molar-refractivity contribution in [2.24, 2.45) is 5.10 Å². The normalized spacial score (nSPS) is 15.3. The Bertz CT molecular complexity index is 710. The summed E-state index contributed by atoms with van der Waals surface area (Å²) >= 11 is 12.3. The van der Waals surface area contributed by atoms with Gasteiger partial charge in [0.25, 0.3) is 5.91 Å². The second kappa shape index (κ2) is 7.71. The van der Waals surface area contributed by atoms with E-state index < -0.39 is 30.5 Å². The third-order valence-corrected chi connectivity index (χ3v) is 4.09. The summed E-state index contributed by atoms with van der Waals surface area (Å²) in [5, 5.41) is 3.68. The Morgan fingerprint density at radius 3 is 2.44 bits per heavy atom. The number of alkyl halides is 3. The van der Waals surface area contributed by atoms with Crippen molar-refractivity contribution >= 4 is 52.2 Å². The van der Waals surface area contributed by atoms with Gasteiger partial charge >= 0.3 is 11.5 Å². The van der Waals surface area contributed by atoms with Gasteiger partial charge in [-0.2, -0.15) is 18.3 Å². The third-order valence-electron chi connectivity index (χ3n) is 2.82. The van der Waals surface area contributed by atoms with E-state index in [9.17, 15) is 22.8 Å². The predicted molar refractivity (Wildman–Crippen MR) is 87.5 cm³/mol. The van der Waals surface area contributed by atoms with Gasteiger partial charge in [0.2, 0.25) is 0 Å². The maximum Gasteiger partial charge on any atom is 0.408 e. The maximum atomic E-state index is 12.6. The van der Waals surface area contributed by atoms with Gasteiger partial charge in [-0.3, -0.25) is 9.10 Å². The average molecular weight is 416 g/mol. The van der Waals surface area contributed by atoms with Crippen molar-refractivity contribution < 1.29 is 27.5 Å². The van der Waals surface area contributed by atoms with Crippen LogP contribution in [0.3, 0.4) is 0 Å². The lowest BCUT2D eigenvalue weighted by Gasteiger charge is -2.32. The molecule has 1 aromatic rings. The summed E-state index contributed by atoms with van der Waals surface area (Å²) in [6.07, 6.45) is -4.63. The van der Waals surface area contributed by atoms with Gasteiger partial charge in [0.1, 0.15) is 13.1 Å². The monoisotopic (exact) mass is 415 g/mol. The van der Waals surface area contributed by atoms with Crippen molar-refractivity contribution in [1.82, 2.24) is 9.31 Å². The highest BCUT2D eigenvalue weighted by molar-refractivity contribution is 8.11. The van der Waals surface area contributed by atoms with Crippen LogP contribution in [0.2, 0.25) is 10.0 Å². The minimum Gasteiger partial charge on any atom is -0.460 e. The number of hydrazone groups is 1. The zero-order valence-corrected chi connectivity index (χ0v) is 14.8. The summed E-state index contributed by atoms with van der Waals surface area (Å²) < 4.78 is 43.5. The number of amidine groups is 1. The van der Waals surface area contributed by atoms with Crippen LogP contribution in [0.15, 0.2) is 23.3 Å². The Labute approximate surface area is 154 Å². The van der Waals surface area contributed by atoms with Crippen molar-refractivity contribution in [2.45, 2.75) is 6.18 Å². The van der Waals surface area contributed by atoms with Gasteiger partial charge in [0.15, 0.2) is 5.84 Å². The smallest absolute Gasteiger partial charge is 0.408 e. The SMILES string of the molecule is COC(=O)SN1CC(=O)N(CC(F)(F)F)N=C1c1cc(Cl)cc(Cl)c1. The molecule has 0 fully saturated rings. The summed E-state index contributed by atoms with van der Waals surface area (Å²) in [7, 11) is 1.13. The number of amides is 1. The first kappa shape index (κ1) is 19.7. The molecular formula is C13H10Cl2F3N3O3S. The molecule has 0 bridgehead atoms. The minimum atomic E-state index is -4.63. The fourth-order valence-electron chi connectivity index (χ4n) is 1.88. The number of ether oxygens (including phenoxy) is 1. The molecule has 1 aliphatic rings. The Hall–Kier alpha value is -1.65. The topological polar surface area (TPSA) is 62.2 Å². The van der Waals surface area contributed by atoms with Gasteiger partial charge in [-0.25, -0.2) is 9.80 Å². The molecular weight excluding hydrogens is 406 g/mol. The Morgan fingerprint density at radius 1 is 1.32 bits per heavy atom. The van der Waals surface area contributed by atoms with Crippen molar-refractivity contribution in [3.05, 3.63) is 33.8 Å². The quantitative estimate of drug-likeness (QED) is 0.555. The molecule has 6 nitrogen and oxygen atoms in total. The number of benzene rings is 1. The van der Waals surface area contributed by atoms with E-state index in [-0.39, 0.29) is 21.4 Å². The van der Waals surface area contributed by atoms with Gasteiger partial charge in [-0.05, 0) is 18.2 Å². The zero-order valence-electron chi connectivity index (χ0n) is 12.5. The molecule has 25 heavy (non-hydrogen) atoms. The minimum absolute atomic E-state index is 0.0800. The number of hydrogen-bond acceptors (Lipinski definition) is 6. The summed E-state index contributed by atoms with van der Waals surface area (Å²) in [6.45, 7) is -2.07. The molecule has 0 spiro atoms. The molecule has 1 amide bonds. The fourth-order valence-corrected chi connectivity index (χ4v) is 3.06. The van der Waals surface area contributed by atoms with Crippen LogP contribution in [-0.2, 0) is 9.53 Å². The molecule has 1 aromatic carbocycles. The molecule has 0 aromatic heterocycles. The van der Waals surface area contributed by atoms with Gasteiger partial charge in [-0.15, -0.1) is 0 Å². The van der Waals surface area contributed by atoms with Gasteiger partial charge < -0.3 is 4.74 Å². The number of nitrogens with zero attached hydrogens (tertiary/aromatic N) is 3. The molecule has 0 saturated heterocycles. The van der Waals surface area contributed by atoms with Crippen molar-refractivity contribution in [3.63, 3.8) is 0 Å². The first-order chi connectivity index (χ1) is 11.6. The molecule has 136 valence electrons. The Morgan fingerprint density at radius 2 is 1.92 bits per heavy atom. The second-order valence-electron chi connectivity index (χ2n) is 4.73. The Kier molecular flexibility index (Phi) is 6.07. The molecule has 0 unspecified atom stereocenters. The molecule has 0 aliphatic carbocycles. The second-order valence-corrected chi connectivity index (χ2v) is 6.56. The van der Waals surface area contributed by atoms with Gasteiger partial charge in [0, 0.05) is 15.6 Å². The number of hydrogen-bond donors (Lipinski definition) is 0. The third kappa shape index (κ3) is 5.41. The lowest BCUT2D eigenvalue weighted by atomic mass is 10.2. The molecule has 12 heteroatoms. The summed E-state index contributed by atoms with van der Waals surface area (Å²) in [4.78, 5) is 23.4. The van der Waals surface area contributed by atoms with E-state index in [1.54, 1.807) is 0 Å². The largest absolute Gasteiger partial charge is 0.460 e. The lowest BCUT2D eigenvalue weighted by Crippen LogP contribution is -2.47. The van der Waals surface area contributed by atoms with Crippen LogP contribution in [0.4, 0.5) is 18.0 Å². The number of methoxy groups -OCH3 is 1. The zero-order chi connectivity index (χ0) is 18.8. The summed E-state index contributed by atoms with van der Waals surface area (Å²) in [6, 6.07) is 4.23. The highest BCUT2D eigenvalue weighted by atomic mass is 35.5. The van der Waals surface area contributed by atoms with Crippen LogP contribution < -0.4 is 0 Å². The van der Waals surface area contributed by atoms with Crippen LogP contribution in [0.5, 0.6) is 0 Å². The number of carbonyl (C=O) groups excluding carboxylic acids is 2. The number of rotatable bonds is 3. The van der Waals surface area contributed by atoms with Crippen LogP contribution in [0, 0.1) is 0 Å². The van der Waals surface area contributed by atoms with E-state index in [1.165, 1.54) is 18.2 Å². The first-order valence-corrected chi connectivity index (χ1v) is 8.07. The highest BCUT2D eigenvalue weighted by Gasteiger charge is 2.38. The van der Waals surface area contributed by atoms with E-state index in [2.05, 4.69) is 9.84 Å². The molecule has 0 radical (unpaired) electrons. The lowest BCUT2D eigenvalue weighted by molar-refractivity contribution is -0.162. The summed E-state index contributed by atoms with van der Waals surface area (Å²) in [5.41, 5.74) is 0.244. The van der Waals surface area contributed by atoms with Crippen molar-refractivity contribution in [3.8, 4) is 0 Å². The van der Waals surface area contributed by atoms with E-state index in [0.717, 1.165) is 11.4 Å². The van der Waals surface area contributed by atoms with Crippen LogP contribution in [0.1, 0.15) is 5.56 Å². The standard InChI is InChI=1S/C13H10Cl2F3N3O3S/c1-24-12(23)25-21-5-10(22)20(6-13(16,17)18)19-11(21)7-2-8(14)4-9(15)3-7/h2-4H,5-6H2,1H3. The maximum absolute atomic E-state index is 12.6. The molecule has 2 rings (SSSR count). The fraction of sp³-hybridized carbons (Fsp3) is 0.308. The number of carbonyl (C=O) groups is 2. The number of halogens is 5. The molecule has 1 aliphatic heterocycles. The van der Waals surface area contributed by atoms with E-state index in [4.69, 9.17) is 23.2 Å². The van der Waals surface area contributed by atoms with Crippen molar-refractivity contribution in [1.29, 1.82) is 0 Å². The first-order valence-electron chi connectivity index (χ1n) is 6.54.